The van der Waals surface area contributed by atoms with E-state index in [0.29, 0.717) is 6.04 Å². The highest BCUT2D eigenvalue weighted by molar-refractivity contribution is 4.91. The van der Waals surface area contributed by atoms with E-state index >= 15 is 0 Å². The number of rotatable bonds is 4. The zero-order valence-electron chi connectivity index (χ0n) is 9.33. The lowest BCUT2D eigenvalue weighted by Gasteiger charge is -2.21. The summed E-state index contributed by atoms with van der Waals surface area (Å²) in [7, 11) is 0. The highest BCUT2D eigenvalue weighted by Gasteiger charge is 2.16. The fraction of sp³-hybridized carbons (Fsp3) is 0.818. The quantitative estimate of drug-likeness (QED) is 0.820. The average Bonchev–Trinajstić information content (AvgIpc) is 2.68. The lowest BCUT2D eigenvalue weighted by molar-refractivity contribution is 0.359. The van der Waals surface area contributed by atoms with E-state index in [2.05, 4.69) is 22.4 Å². The van der Waals surface area contributed by atoms with Gasteiger partial charge in [-0.15, -0.1) is 0 Å². The number of nitrogens with zero attached hydrogens (tertiary/aromatic N) is 2. The second kappa shape index (κ2) is 5.26. The molecule has 15 heavy (non-hydrogen) atoms. The number of hydrogen-bond acceptors (Lipinski definition) is 4. The highest BCUT2D eigenvalue weighted by atomic mass is 16.5. The molecule has 84 valence electrons. The van der Waals surface area contributed by atoms with Gasteiger partial charge in [0.15, 0.2) is 5.82 Å². The van der Waals surface area contributed by atoms with Crippen LogP contribution in [-0.4, -0.2) is 22.7 Å². The Morgan fingerprint density at radius 3 is 3.13 bits per heavy atom. The summed E-state index contributed by atoms with van der Waals surface area (Å²) >= 11 is 0. The predicted octanol–water partition coefficient (Wildman–Crippen LogP) is 1.71. The third-order valence-corrected chi connectivity index (χ3v) is 2.82. The highest BCUT2D eigenvalue weighted by Crippen LogP contribution is 2.11. The number of nitrogens with one attached hydrogen (secondary N) is 1. The molecule has 0 saturated carbocycles. The summed E-state index contributed by atoms with van der Waals surface area (Å²) in [6, 6.07) is 0.547. The lowest BCUT2D eigenvalue weighted by atomic mass is 10.0. The third kappa shape index (κ3) is 3.02. The van der Waals surface area contributed by atoms with Gasteiger partial charge in [-0.05, 0) is 25.8 Å². The fourth-order valence-electron chi connectivity index (χ4n) is 2.01. The molecule has 1 unspecified atom stereocenters. The molecular formula is C11H19N3O. The average molecular weight is 209 g/mol. The maximum Gasteiger partial charge on any atom is 0.226 e. The van der Waals surface area contributed by atoms with E-state index in [9.17, 15) is 0 Å². The van der Waals surface area contributed by atoms with Gasteiger partial charge in [0.1, 0.15) is 0 Å². The molecule has 1 aromatic rings. The van der Waals surface area contributed by atoms with Crippen molar-refractivity contribution in [3.8, 4) is 0 Å². The Bertz CT molecular complexity index is 292. The first kappa shape index (κ1) is 10.6. The van der Waals surface area contributed by atoms with Crippen molar-refractivity contribution in [2.24, 2.45) is 0 Å². The topological polar surface area (TPSA) is 51.0 Å². The van der Waals surface area contributed by atoms with Gasteiger partial charge in [-0.2, -0.15) is 4.98 Å². The monoisotopic (exact) mass is 209 g/mol. The van der Waals surface area contributed by atoms with Gasteiger partial charge in [-0.3, -0.25) is 0 Å². The van der Waals surface area contributed by atoms with Crippen LogP contribution < -0.4 is 5.32 Å². The molecule has 0 bridgehead atoms. The second-order valence-corrected chi connectivity index (χ2v) is 4.21. The normalized spacial score (nSPS) is 21.8. The Hall–Kier alpha value is -0.900. The summed E-state index contributed by atoms with van der Waals surface area (Å²) in [5, 5.41) is 7.49. The number of aromatic nitrogens is 2. The van der Waals surface area contributed by atoms with Gasteiger partial charge in [0.2, 0.25) is 5.89 Å². The van der Waals surface area contributed by atoms with Gasteiger partial charge in [0.25, 0.3) is 0 Å². The minimum Gasteiger partial charge on any atom is -0.339 e. The van der Waals surface area contributed by atoms with Crippen LogP contribution in [0.1, 0.15) is 44.3 Å². The Labute approximate surface area is 90.4 Å². The maximum atomic E-state index is 5.16. The predicted molar refractivity (Wildman–Crippen MR) is 57.6 cm³/mol. The summed E-state index contributed by atoms with van der Waals surface area (Å²) < 4.78 is 5.16. The minimum atomic E-state index is 0.547. The Kier molecular flexibility index (Phi) is 3.72. The maximum absolute atomic E-state index is 5.16. The van der Waals surface area contributed by atoms with Crippen molar-refractivity contribution in [2.45, 2.75) is 51.5 Å². The number of aryl methyl sites for hydroxylation is 1. The van der Waals surface area contributed by atoms with Crippen molar-refractivity contribution >= 4 is 0 Å². The van der Waals surface area contributed by atoms with Gasteiger partial charge in [-0.1, -0.05) is 18.5 Å². The molecule has 4 nitrogen and oxygen atoms in total. The molecule has 1 aliphatic rings. The first-order chi connectivity index (χ1) is 7.38. The van der Waals surface area contributed by atoms with Gasteiger partial charge >= 0.3 is 0 Å². The molecule has 1 N–H and O–H groups in total. The van der Waals surface area contributed by atoms with E-state index in [1.54, 1.807) is 0 Å². The molecule has 0 spiro atoms. The molecule has 0 aromatic carbocycles. The molecule has 1 saturated heterocycles. The molecule has 0 aliphatic carbocycles. The zero-order valence-corrected chi connectivity index (χ0v) is 9.33. The SMILES string of the molecule is CCCc1nc(CC2CCCCN2)no1. The van der Waals surface area contributed by atoms with Crippen molar-refractivity contribution in [1.29, 1.82) is 0 Å². The molecule has 1 aromatic heterocycles. The van der Waals surface area contributed by atoms with Gasteiger partial charge < -0.3 is 9.84 Å². The number of hydrogen-bond donors (Lipinski definition) is 1. The minimum absolute atomic E-state index is 0.547. The molecule has 4 heteroatoms. The summed E-state index contributed by atoms with van der Waals surface area (Å²) in [5.74, 6) is 1.64. The Balaban J connectivity index is 1.86. The summed E-state index contributed by atoms with van der Waals surface area (Å²) in [6.45, 7) is 3.25. The van der Waals surface area contributed by atoms with Crippen molar-refractivity contribution in [2.75, 3.05) is 6.54 Å². The lowest BCUT2D eigenvalue weighted by Crippen LogP contribution is -2.35. The Morgan fingerprint density at radius 2 is 2.40 bits per heavy atom. The summed E-state index contributed by atoms with van der Waals surface area (Å²) in [5.41, 5.74) is 0. The first-order valence-electron chi connectivity index (χ1n) is 5.93. The van der Waals surface area contributed by atoms with E-state index in [4.69, 9.17) is 4.52 Å². The van der Waals surface area contributed by atoms with Crippen LogP contribution in [-0.2, 0) is 12.8 Å². The van der Waals surface area contributed by atoms with Crippen molar-refractivity contribution in [1.82, 2.24) is 15.5 Å². The van der Waals surface area contributed by atoms with E-state index in [-0.39, 0.29) is 0 Å². The van der Waals surface area contributed by atoms with E-state index in [1.165, 1.54) is 19.3 Å². The molecule has 1 atom stereocenters. The van der Waals surface area contributed by atoms with E-state index in [0.717, 1.165) is 37.5 Å². The van der Waals surface area contributed by atoms with E-state index in [1.807, 2.05) is 0 Å². The molecule has 0 amide bonds. The van der Waals surface area contributed by atoms with Crippen LogP contribution in [0.3, 0.4) is 0 Å². The smallest absolute Gasteiger partial charge is 0.226 e. The summed E-state index contributed by atoms with van der Waals surface area (Å²) in [6.07, 6.45) is 6.71. The van der Waals surface area contributed by atoms with Gasteiger partial charge in [0.05, 0.1) is 0 Å². The van der Waals surface area contributed by atoms with Crippen LogP contribution >= 0.6 is 0 Å². The largest absolute Gasteiger partial charge is 0.339 e. The molecule has 0 radical (unpaired) electrons. The summed E-state index contributed by atoms with van der Waals surface area (Å²) in [4.78, 5) is 4.38. The molecule has 1 aliphatic heterocycles. The zero-order chi connectivity index (χ0) is 10.5. The second-order valence-electron chi connectivity index (χ2n) is 4.21. The van der Waals surface area contributed by atoms with Crippen LogP contribution in [0, 0.1) is 0 Å². The van der Waals surface area contributed by atoms with Crippen molar-refractivity contribution in [3.05, 3.63) is 11.7 Å². The van der Waals surface area contributed by atoms with Gasteiger partial charge in [-0.25, -0.2) is 0 Å². The first-order valence-corrected chi connectivity index (χ1v) is 5.93. The van der Waals surface area contributed by atoms with Crippen LogP contribution in [0.5, 0.6) is 0 Å². The van der Waals surface area contributed by atoms with Crippen LogP contribution in [0.2, 0.25) is 0 Å². The molecule has 2 heterocycles. The number of piperidine rings is 1. The fourth-order valence-corrected chi connectivity index (χ4v) is 2.01. The molecule has 2 rings (SSSR count). The van der Waals surface area contributed by atoms with E-state index < -0.39 is 0 Å². The van der Waals surface area contributed by atoms with Gasteiger partial charge in [0, 0.05) is 18.9 Å². The third-order valence-electron chi connectivity index (χ3n) is 2.82. The van der Waals surface area contributed by atoms with Crippen molar-refractivity contribution < 1.29 is 4.52 Å². The molecule has 1 fully saturated rings. The van der Waals surface area contributed by atoms with Crippen molar-refractivity contribution in [3.63, 3.8) is 0 Å². The Morgan fingerprint density at radius 1 is 1.47 bits per heavy atom. The van der Waals surface area contributed by atoms with Crippen LogP contribution in [0.4, 0.5) is 0 Å². The molecular weight excluding hydrogens is 190 g/mol. The standard InChI is InChI=1S/C11H19N3O/c1-2-5-11-13-10(14-15-11)8-9-6-3-4-7-12-9/h9,12H,2-8H2,1H3. The van der Waals surface area contributed by atoms with Crippen LogP contribution in [0.25, 0.3) is 0 Å². The van der Waals surface area contributed by atoms with Crippen LogP contribution in [0.15, 0.2) is 4.52 Å².